The minimum atomic E-state index is -0.603. The van der Waals surface area contributed by atoms with Crippen LogP contribution < -0.4 is 47.9 Å². The van der Waals surface area contributed by atoms with Crippen molar-refractivity contribution in [2.75, 3.05) is 94.6 Å². The van der Waals surface area contributed by atoms with Gasteiger partial charge < -0.3 is 73.4 Å². The Morgan fingerprint density at radius 2 is 0.551 bits per heavy atom. The maximum atomic E-state index is 9.59. The van der Waals surface area contributed by atoms with Crippen LogP contribution in [0.15, 0.2) is 0 Å². The number of aliphatic hydroxyl groups excluding tert-OH is 5. The van der Waals surface area contributed by atoms with Crippen LogP contribution in [0.1, 0.15) is 53.4 Å². The third kappa shape index (κ3) is 11.3. The smallest absolute Gasteiger partial charge is 0.231 e. The molecule has 3 heterocycles. The van der Waals surface area contributed by atoms with Crippen molar-refractivity contribution in [3.05, 3.63) is 0 Å². The highest BCUT2D eigenvalue weighted by Crippen LogP contribution is 2.25. The van der Waals surface area contributed by atoms with Crippen LogP contribution >= 0.6 is 0 Å². The van der Waals surface area contributed by atoms with E-state index in [-0.39, 0.29) is 53.5 Å². The molecule has 0 atom stereocenters. The SMILES string of the molecule is CCC(CC)(CNc1nc(NCO)nc(NCO)n1)Nc1nc(NCO)nc(NCC(CC)(CC)Nc2nc(NCO)nc(NCO)n2)n1. The molecule has 0 aliphatic heterocycles. The van der Waals surface area contributed by atoms with E-state index < -0.39 is 44.7 Å². The second kappa shape index (κ2) is 19.1. The van der Waals surface area contributed by atoms with Gasteiger partial charge in [0, 0.05) is 13.1 Å². The Balaban J connectivity index is 1.84. The largest absolute Gasteiger partial charge is 0.376 e. The average Bonchev–Trinajstić information content (AvgIpc) is 3.09. The van der Waals surface area contributed by atoms with E-state index in [0.717, 1.165) is 0 Å². The van der Waals surface area contributed by atoms with Gasteiger partial charge in [-0.2, -0.15) is 44.9 Å². The van der Waals surface area contributed by atoms with Gasteiger partial charge in [0.05, 0.1) is 11.1 Å². The zero-order valence-corrected chi connectivity index (χ0v) is 28.0. The number of aromatic nitrogens is 9. The third-order valence-corrected chi connectivity index (χ3v) is 7.72. The lowest BCUT2D eigenvalue weighted by atomic mass is 9.93. The van der Waals surface area contributed by atoms with E-state index >= 15 is 0 Å². The highest BCUT2D eigenvalue weighted by molar-refractivity contribution is 5.47. The van der Waals surface area contributed by atoms with Crippen LogP contribution in [0.4, 0.5) is 53.5 Å². The third-order valence-electron chi connectivity index (χ3n) is 7.72. The zero-order chi connectivity index (χ0) is 35.7. The van der Waals surface area contributed by atoms with Crippen molar-refractivity contribution in [1.82, 2.24) is 44.9 Å². The molecule has 3 aromatic heterocycles. The molecule has 0 bridgehead atoms. The first kappa shape index (κ1) is 38.5. The fourth-order valence-corrected chi connectivity index (χ4v) is 4.56. The molecular formula is C26H48N18O5. The molecule has 49 heavy (non-hydrogen) atoms. The van der Waals surface area contributed by atoms with Gasteiger partial charge in [0.2, 0.25) is 53.5 Å². The fraction of sp³-hybridized carbons (Fsp3) is 0.654. The number of nitrogens with one attached hydrogen (secondary N) is 9. The van der Waals surface area contributed by atoms with E-state index in [0.29, 0.717) is 38.8 Å². The van der Waals surface area contributed by atoms with E-state index in [1.807, 2.05) is 27.7 Å². The summed E-state index contributed by atoms with van der Waals surface area (Å²) in [6.07, 6.45) is 2.53. The van der Waals surface area contributed by atoms with Crippen molar-refractivity contribution >= 4 is 53.5 Å². The molecule has 0 spiro atoms. The van der Waals surface area contributed by atoms with E-state index in [9.17, 15) is 25.5 Å². The summed E-state index contributed by atoms with van der Waals surface area (Å²) < 4.78 is 0. The molecule has 0 saturated carbocycles. The summed E-state index contributed by atoms with van der Waals surface area (Å²) in [5, 5.41) is 73.2. The van der Waals surface area contributed by atoms with Gasteiger partial charge in [0.25, 0.3) is 0 Å². The Morgan fingerprint density at radius 1 is 0.347 bits per heavy atom. The maximum Gasteiger partial charge on any atom is 0.231 e. The van der Waals surface area contributed by atoms with Crippen LogP contribution in [-0.4, -0.2) is 128 Å². The van der Waals surface area contributed by atoms with Crippen molar-refractivity contribution in [2.24, 2.45) is 0 Å². The van der Waals surface area contributed by atoms with Crippen LogP contribution in [0, 0.1) is 0 Å². The average molecular weight is 693 g/mol. The Kier molecular flexibility index (Phi) is 15.0. The molecule has 0 unspecified atom stereocenters. The standard InChI is InChI=1S/C26H48N18O5/c1-5-25(6-2,9-27-16-34-18(29-11-45)37-19(35-16)30-12-46)43-23-39-17(36-20(40-23)31-13-47)28-10-26(7-3,8-4)44-24-41-21(32-14-48)38-22(42-24)33-15-49/h45-49H,5-15H2,1-4H3,(H3,27,29,30,34,35,37)(H3,28,31,36,39,40,43)(H3,32,33,38,41,42,44). The molecule has 14 N–H and O–H groups in total. The highest BCUT2D eigenvalue weighted by Gasteiger charge is 2.30. The van der Waals surface area contributed by atoms with E-state index in [1.165, 1.54) is 0 Å². The number of hydrogen-bond donors (Lipinski definition) is 14. The molecule has 0 aliphatic carbocycles. The molecule has 23 heteroatoms. The van der Waals surface area contributed by atoms with Gasteiger partial charge in [-0.3, -0.25) is 0 Å². The quantitative estimate of drug-likeness (QED) is 0.0512. The lowest BCUT2D eigenvalue weighted by Crippen LogP contribution is -2.45. The topological polar surface area (TPSA) is 325 Å². The molecule has 0 amide bonds. The number of nitrogens with zero attached hydrogens (tertiary/aromatic N) is 9. The minimum absolute atomic E-state index is 0.111. The second-order valence-electron chi connectivity index (χ2n) is 10.5. The summed E-state index contributed by atoms with van der Waals surface area (Å²) in [5.41, 5.74) is -1.20. The maximum absolute atomic E-state index is 9.59. The van der Waals surface area contributed by atoms with Crippen molar-refractivity contribution in [1.29, 1.82) is 0 Å². The number of aliphatic hydroxyl groups is 5. The van der Waals surface area contributed by atoms with Gasteiger partial charge in [-0.1, -0.05) is 27.7 Å². The van der Waals surface area contributed by atoms with Crippen LogP contribution in [-0.2, 0) is 0 Å². The van der Waals surface area contributed by atoms with Crippen molar-refractivity contribution < 1.29 is 25.5 Å². The van der Waals surface area contributed by atoms with Crippen LogP contribution in [0.25, 0.3) is 0 Å². The normalized spacial score (nSPS) is 11.4. The number of rotatable bonds is 24. The lowest BCUT2D eigenvalue weighted by molar-refractivity contribution is 0.322. The number of hydrogen-bond acceptors (Lipinski definition) is 23. The molecular weight excluding hydrogens is 644 g/mol. The molecule has 272 valence electrons. The van der Waals surface area contributed by atoms with Gasteiger partial charge in [0.1, 0.15) is 33.7 Å². The van der Waals surface area contributed by atoms with Gasteiger partial charge in [-0.15, -0.1) is 0 Å². The molecule has 0 fully saturated rings. The minimum Gasteiger partial charge on any atom is -0.376 e. The molecule has 0 radical (unpaired) electrons. The fourth-order valence-electron chi connectivity index (χ4n) is 4.56. The van der Waals surface area contributed by atoms with Gasteiger partial charge in [0.15, 0.2) is 0 Å². The van der Waals surface area contributed by atoms with Crippen molar-refractivity contribution in [3.63, 3.8) is 0 Å². The molecule has 0 saturated heterocycles. The second-order valence-corrected chi connectivity index (χ2v) is 10.5. The summed E-state index contributed by atoms with van der Waals surface area (Å²) in [6.45, 7) is 6.66. The highest BCUT2D eigenvalue weighted by atomic mass is 16.3. The monoisotopic (exact) mass is 692 g/mol. The summed E-state index contributed by atoms with van der Waals surface area (Å²) in [5.74, 6) is 1.47. The lowest BCUT2D eigenvalue weighted by Gasteiger charge is -2.34. The molecule has 3 rings (SSSR count). The Labute approximate surface area is 283 Å². The first-order valence-electron chi connectivity index (χ1n) is 15.8. The zero-order valence-electron chi connectivity index (χ0n) is 28.0. The first-order chi connectivity index (χ1) is 23.7. The van der Waals surface area contributed by atoms with Gasteiger partial charge in [-0.25, -0.2) is 0 Å². The van der Waals surface area contributed by atoms with Crippen molar-refractivity contribution in [2.45, 2.75) is 64.5 Å². The Morgan fingerprint density at radius 3 is 0.755 bits per heavy atom. The molecule has 0 aliphatic rings. The van der Waals surface area contributed by atoms with Crippen LogP contribution in [0.5, 0.6) is 0 Å². The van der Waals surface area contributed by atoms with Gasteiger partial charge >= 0.3 is 0 Å². The van der Waals surface area contributed by atoms with Crippen LogP contribution in [0.2, 0.25) is 0 Å². The predicted molar refractivity (Wildman–Crippen MR) is 184 cm³/mol. The summed E-state index contributed by atoms with van der Waals surface area (Å²) in [6, 6.07) is 0. The predicted octanol–water partition coefficient (Wildman–Crippen LogP) is -0.784. The summed E-state index contributed by atoms with van der Waals surface area (Å²) in [4.78, 5) is 38.9. The number of anilines is 9. The summed E-state index contributed by atoms with van der Waals surface area (Å²) >= 11 is 0. The van der Waals surface area contributed by atoms with Crippen LogP contribution in [0.3, 0.4) is 0 Å². The van der Waals surface area contributed by atoms with Gasteiger partial charge in [-0.05, 0) is 25.7 Å². The van der Waals surface area contributed by atoms with E-state index in [1.54, 1.807) is 0 Å². The Hall–Kier alpha value is -4.97. The van der Waals surface area contributed by atoms with Crippen molar-refractivity contribution in [3.8, 4) is 0 Å². The summed E-state index contributed by atoms with van der Waals surface area (Å²) in [7, 11) is 0. The Bertz CT molecular complexity index is 1380. The molecule has 3 aromatic rings. The molecule has 0 aromatic carbocycles. The van der Waals surface area contributed by atoms with E-state index in [2.05, 4.69) is 92.7 Å². The van der Waals surface area contributed by atoms with E-state index in [4.69, 9.17) is 0 Å². The first-order valence-corrected chi connectivity index (χ1v) is 15.8. The molecule has 23 nitrogen and oxygen atoms in total.